The number of hydrogen-bond donors (Lipinski definition) is 2. The molecule has 8 heteroatoms. The molecule has 1 aromatic heterocycles. The number of nitrogens with one attached hydrogen (secondary N) is 1. The highest BCUT2D eigenvalue weighted by molar-refractivity contribution is 5.82. The van der Waals surface area contributed by atoms with Gasteiger partial charge in [-0.25, -0.2) is 4.79 Å². The number of aromatic nitrogens is 3. The summed E-state index contributed by atoms with van der Waals surface area (Å²) in [5.41, 5.74) is 7.21. The Balaban J connectivity index is 2.13. The van der Waals surface area contributed by atoms with Crippen molar-refractivity contribution in [3.63, 3.8) is 0 Å². The maximum atomic E-state index is 11.5. The average molecular weight is 329 g/mol. The molecule has 0 saturated heterocycles. The number of esters is 1. The van der Waals surface area contributed by atoms with Gasteiger partial charge in [0.2, 0.25) is 11.9 Å². The predicted molar refractivity (Wildman–Crippen MR) is 89.7 cm³/mol. The van der Waals surface area contributed by atoms with E-state index in [-0.39, 0.29) is 24.3 Å². The second-order valence-electron chi connectivity index (χ2n) is 5.09. The van der Waals surface area contributed by atoms with E-state index >= 15 is 0 Å². The fourth-order valence-electron chi connectivity index (χ4n) is 1.84. The summed E-state index contributed by atoms with van der Waals surface area (Å²) < 4.78 is 10.3. The summed E-state index contributed by atoms with van der Waals surface area (Å²) in [4.78, 5) is 23.7. The van der Waals surface area contributed by atoms with Gasteiger partial charge in [0.1, 0.15) is 5.75 Å². The van der Waals surface area contributed by atoms with Gasteiger partial charge in [-0.15, -0.1) is 0 Å². The molecule has 0 saturated carbocycles. The molecular formula is C16H19N5O3. The Morgan fingerprint density at radius 1 is 1.25 bits per heavy atom. The van der Waals surface area contributed by atoms with Crippen molar-refractivity contribution in [3.05, 3.63) is 41.7 Å². The van der Waals surface area contributed by atoms with Gasteiger partial charge in [-0.2, -0.15) is 15.0 Å². The number of carbonyl (C=O) groups is 1. The Kier molecular flexibility index (Phi) is 5.67. The quantitative estimate of drug-likeness (QED) is 0.613. The molecule has 0 atom stereocenters. The van der Waals surface area contributed by atoms with Crippen LogP contribution in [0.2, 0.25) is 0 Å². The van der Waals surface area contributed by atoms with Gasteiger partial charge in [0, 0.05) is 6.08 Å². The Bertz CT molecular complexity index is 757. The zero-order valence-electron chi connectivity index (χ0n) is 13.7. The third-order valence-corrected chi connectivity index (χ3v) is 2.80. The fourth-order valence-corrected chi connectivity index (χ4v) is 1.84. The molecule has 0 aliphatic carbocycles. The first-order valence-electron chi connectivity index (χ1n) is 7.20. The maximum Gasteiger partial charge on any atom is 0.331 e. The standard InChI is InChI=1S/C16H19N5O3/c1-10(2)8-14(22)24-9-13-19-15(17)21-16(20-13)18-11-6-4-5-7-12(11)23-3/h4-8H,9H2,1-3H3,(H3,17,18,19,20,21). The predicted octanol–water partition coefficient (Wildman–Crippen LogP) is 2.22. The summed E-state index contributed by atoms with van der Waals surface area (Å²) in [6.45, 7) is 3.50. The zero-order valence-corrected chi connectivity index (χ0v) is 13.7. The number of allylic oxidation sites excluding steroid dienone is 1. The van der Waals surface area contributed by atoms with Gasteiger partial charge in [0.15, 0.2) is 12.4 Å². The largest absolute Gasteiger partial charge is 0.495 e. The van der Waals surface area contributed by atoms with E-state index in [2.05, 4.69) is 20.3 Å². The van der Waals surface area contributed by atoms with Crippen molar-refractivity contribution in [1.29, 1.82) is 0 Å². The van der Waals surface area contributed by atoms with Gasteiger partial charge in [-0.1, -0.05) is 17.7 Å². The zero-order chi connectivity index (χ0) is 17.5. The number of benzene rings is 1. The highest BCUT2D eigenvalue weighted by Crippen LogP contribution is 2.25. The molecular weight excluding hydrogens is 310 g/mol. The average Bonchev–Trinajstić information content (AvgIpc) is 2.52. The van der Waals surface area contributed by atoms with Crippen molar-refractivity contribution in [2.24, 2.45) is 0 Å². The highest BCUT2D eigenvalue weighted by atomic mass is 16.5. The molecule has 0 aliphatic heterocycles. The van der Waals surface area contributed by atoms with Gasteiger partial charge >= 0.3 is 5.97 Å². The van der Waals surface area contributed by atoms with E-state index < -0.39 is 5.97 Å². The second kappa shape index (κ2) is 7.91. The molecule has 0 bridgehead atoms. The lowest BCUT2D eigenvalue weighted by Crippen LogP contribution is -2.10. The minimum Gasteiger partial charge on any atom is -0.495 e. The van der Waals surface area contributed by atoms with Crippen LogP contribution in [0.15, 0.2) is 35.9 Å². The second-order valence-corrected chi connectivity index (χ2v) is 5.09. The van der Waals surface area contributed by atoms with Crippen LogP contribution in [0, 0.1) is 0 Å². The minimum absolute atomic E-state index is 0.0238. The lowest BCUT2D eigenvalue weighted by atomic mass is 10.3. The van der Waals surface area contributed by atoms with Crippen LogP contribution in [-0.2, 0) is 16.1 Å². The molecule has 0 fully saturated rings. The number of para-hydroxylation sites is 2. The van der Waals surface area contributed by atoms with E-state index in [4.69, 9.17) is 15.2 Å². The SMILES string of the molecule is COc1ccccc1Nc1nc(N)nc(COC(=O)C=C(C)C)n1. The van der Waals surface area contributed by atoms with Crippen molar-refractivity contribution in [3.8, 4) is 5.75 Å². The molecule has 3 N–H and O–H groups in total. The summed E-state index contributed by atoms with van der Waals surface area (Å²) in [6, 6.07) is 7.31. The van der Waals surface area contributed by atoms with Gasteiger partial charge < -0.3 is 20.5 Å². The van der Waals surface area contributed by atoms with Gasteiger partial charge in [0.25, 0.3) is 0 Å². The molecule has 126 valence electrons. The van der Waals surface area contributed by atoms with Crippen molar-refractivity contribution < 1.29 is 14.3 Å². The molecule has 0 spiro atoms. The van der Waals surface area contributed by atoms with E-state index in [1.807, 2.05) is 18.2 Å². The minimum atomic E-state index is -0.465. The summed E-state index contributed by atoms with van der Waals surface area (Å²) >= 11 is 0. The Morgan fingerprint density at radius 3 is 2.71 bits per heavy atom. The topological polar surface area (TPSA) is 112 Å². The molecule has 0 aliphatic rings. The van der Waals surface area contributed by atoms with Crippen LogP contribution in [0.25, 0.3) is 0 Å². The van der Waals surface area contributed by atoms with E-state index in [1.165, 1.54) is 6.08 Å². The molecule has 0 amide bonds. The number of anilines is 3. The third kappa shape index (κ3) is 4.94. The third-order valence-electron chi connectivity index (χ3n) is 2.80. The van der Waals surface area contributed by atoms with Crippen LogP contribution in [0.4, 0.5) is 17.6 Å². The van der Waals surface area contributed by atoms with Crippen LogP contribution in [0.3, 0.4) is 0 Å². The van der Waals surface area contributed by atoms with Crippen molar-refractivity contribution in [2.75, 3.05) is 18.2 Å². The lowest BCUT2D eigenvalue weighted by molar-refractivity contribution is -0.139. The first kappa shape index (κ1) is 17.2. The molecule has 0 unspecified atom stereocenters. The number of nitrogens with zero attached hydrogens (tertiary/aromatic N) is 3. The van der Waals surface area contributed by atoms with Crippen molar-refractivity contribution in [2.45, 2.75) is 20.5 Å². The summed E-state index contributed by atoms with van der Waals surface area (Å²) in [6.07, 6.45) is 1.39. The van der Waals surface area contributed by atoms with Crippen LogP contribution in [0.1, 0.15) is 19.7 Å². The Morgan fingerprint density at radius 2 is 2.00 bits per heavy atom. The monoisotopic (exact) mass is 329 g/mol. The van der Waals surface area contributed by atoms with Crippen LogP contribution < -0.4 is 15.8 Å². The van der Waals surface area contributed by atoms with Gasteiger partial charge in [0.05, 0.1) is 12.8 Å². The number of rotatable bonds is 6. The molecule has 1 heterocycles. The summed E-state index contributed by atoms with van der Waals surface area (Å²) in [5.74, 6) is 0.674. The number of carbonyl (C=O) groups excluding carboxylic acids is 1. The normalized spacial score (nSPS) is 9.96. The summed E-state index contributed by atoms with van der Waals surface area (Å²) in [7, 11) is 1.57. The van der Waals surface area contributed by atoms with Crippen LogP contribution in [0.5, 0.6) is 5.75 Å². The molecule has 2 rings (SSSR count). The maximum absolute atomic E-state index is 11.5. The van der Waals surface area contributed by atoms with Crippen molar-refractivity contribution >= 4 is 23.6 Å². The van der Waals surface area contributed by atoms with Gasteiger partial charge in [-0.3, -0.25) is 0 Å². The smallest absolute Gasteiger partial charge is 0.331 e. The lowest BCUT2D eigenvalue weighted by Gasteiger charge is -2.10. The Labute approximate surface area is 139 Å². The van der Waals surface area contributed by atoms with Crippen LogP contribution in [-0.4, -0.2) is 28.0 Å². The molecule has 2 aromatic rings. The van der Waals surface area contributed by atoms with Crippen molar-refractivity contribution in [1.82, 2.24) is 15.0 Å². The Hall–Kier alpha value is -3.16. The number of nitrogens with two attached hydrogens (primary N) is 1. The van der Waals surface area contributed by atoms with E-state index in [0.29, 0.717) is 11.4 Å². The first-order valence-corrected chi connectivity index (χ1v) is 7.20. The number of nitrogen functional groups attached to an aromatic ring is 1. The highest BCUT2D eigenvalue weighted by Gasteiger charge is 2.09. The first-order chi connectivity index (χ1) is 11.5. The number of methoxy groups -OCH3 is 1. The van der Waals surface area contributed by atoms with E-state index in [9.17, 15) is 4.79 Å². The number of ether oxygens (including phenoxy) is 2. The molecule has 1 aromatic carbocycles. The van der Waals surface area contributed by atoms with E-state index in [0.717, 1.165) is 5.57 Å². The molecule has 8 nitrogen and oxygen atoms in total. The molecule has 0 radical (unpaired) electrons. The number of hydrogen-bond acceptors (Lipinski definition) is 8. The van der Waals surface area contributed by atoms with Crippen LogP contribution >= 0.6 is 0 Å². The van der Waals surface area contributed by atoms with E-state index in [1.54, 1.807) is 27.0 Å². The van der Waals surface area contributed by atoms with Gasteiger partial charge in [-0.05, 0) is 26.0 Å². The summed E-state index contributed by atoms with van der Waals surface area (Å²) in [5, 5.41) is 3.00. The molecule has 24 heavy (non-hydrogen) atoms. The fraction of sp³-hybridized carbons (Fsp3) is 0.250.